The summed E-state index contributed by atoms with van der Waals surface area (Å²) in [6.45, 7) is 17.3. The van der Waals surface area contributed by atoms with E-state index in [0.29, 0.717) is 19.1 Å². The number of anilines is 1. The molecule has 2 aromatic heterocycles. The molecule has 1 fully saturated rings. The topological polar surface area (TPSA) is 74.5 Å². The molecule has 5 heterocycles. The lowest BCUT2D eigenvalue weighted by molar-refractivity contribution is -0.164. The first-order valence-electron chi connectivity index (χ1n) is 16.9. The lowest BCUT2D eigenvalue weighted by Gasteiger charge is -2.42. The zero-order valence-corrected chi connectivity index (χ0v) is 29.2. The number of carbonyl (C=O) groups is 1. The van der Waals surface area contributed by atoms with Gasteiger partial charge >= 0.3 is 5.97 Å². The summed E-state index contributed by atoms with van der Waals surface area (Å²) >= 11 is 0. The van der Waals surface area contributed by atoms with Crippen LogP contribution in [0.4, 0.5) is 5.69 Å². The number of pyridine rings is 1. The minimum absolute atomic E-state index is 0.237. The van der Waals surface area contributed by atoms with E-state index in [9.17, 15) is 4.79 Å². The van der Waals surface area contributed by atoms with Crippen LogP contribution in [0.15, 0.2) is 54.7 Å². The van der Waals surface area contributed by atoms with Crippen molar-refractivity contribution in [1.82, 2.24) is 9.61 Å². The van der Waals surface area contributed by atoms with Crippen molar-refractivity contribution >= 4 is 17.2 Å². The van der Waals surface area contributed by atoms with Crippen LogP contribution >= 0.6 is 0 Å². The van der Waals surface area contributed by atoms with Crippen molar-refractivity contribution in [2.45, 2.75) is 85.0 Å². The predicted molar refractivity (Wildman–Crippen MR) is 186 cm³/mol. The number of fused-ring (bicyclic) bond motifs is 7. The Bertz CT molecular complexity index is 1760. The van der Waals surface area contributed by atoms with E-state index in [1.54, 1.807) is 0 Å². The second-order valence-electron chi connectivity index (χ2n) is 14.6. The van der Waals surface area contributed by atoms with Gasteiger partial charge in [-0.2, -0.15) is 5.10 Å². The molecule has 8 heteroatoms. The number of rotatable bonds is 3. The van der Waals surface area contributed by atoms with E-state index in [2.05, 4.69) is 74.2 Å². The van der Waals surface area contributed by atoms with E-state index < -0.39 is 17.7 Å². The van der Waals surface area contributed by atoms with Gasteiger partial charge in [0.05, 0.1) is 41.8 Å². The molecule has 0 N–H and O–H groups in total. The van der Waals surface area contributed by atoms with Crippen LogP contribution in [-0.2, 0) is 19.0 Å². The molecule has 3 aliphatic rings. The number of esters is 1. The second kappa shape index (κ2) is 13.0. The molecule has 7 rings (SSSR count). The summed E-state index contributed by atoms with van der Waals surface area (Å²) in [7, 11) is 1.42. The van der Waals surface area contributed by atoms with Gasteiger partial charge in [-0.3, -0.25) is 0 Å². The molecule has 6 bridgehead atoms. The van der Waals surface area contributed by atoms with Crippen LogP contribution in [0.5, 0.6) is 5.75 Å². The number of carbonyl (C=O) groups excluding carboxylic acids is 1. The summed E-state index contributed by atoms with van der Waals surface area (Å²) < 4.78 is 26.8. The number of piperidine rings is 1. The summed E-state index contributed by atoms with van der Waals surface area (Å²) in [5, 5.41) is 5.10. The van der Waals surface area contributed by atoms with Crippen molar-refractivity contribution in [3.8, 4) is 28.1 Å². The van der Waals surface area contributed by atoms with E-state index in [1.165, 1.54) is 12.7 Å². The van der Waals surface area contributed by atoms with Gasteiger partial charge in [-0.25, -0.2) is 9.31 Å². The Kier molecular flexibility index (Phi) is 9.11. The third-order valence-corrected chi connectivity index (χ3v) is 9.45. The first-order valence-corrected chi connectivity index (χ1v) is 16.9. The minimum atomic E-state index is -0.894. The van der Waals surface area contributed by atoms with Crippen LogP contribution in [-0.4, -0.2) is 60.2 Å². The fourth-order valence-corrected chi connectivity index (χ4v) is 6.75. The molecule has 0 aliphatic carbocycles. The molecule has 3 aliphatic heterocycles. The van der Waals surface area contributed by atoms with Gasteiger partial charge in [0.2, 0.25) is 0 Å². The molecule has 47 heavy (non-hydrogen) atoms. The van der Waals surface area contributed by atoms with Crippen molar-refractivity contribution in [3.63, 3.8) is 0 Å². The van der Waals surface area contributed by atoms with Crippen LogP contribution < -0.4 is 9.64 Å². The molecule has 0 spiro atoms. The zero-order valence-electron chi connectivity index (χ0n) is 29.2. The number of nitrogens with zero attached hydrogens (tertiary/aromatic N) is 3. The highest BCUT2D eigenvalue weighted by Crippen LogP contribution is 2.42. The lowest BCUT2D eigenvalue weighted by atomic mass is 9.91. The summed E-state index contributed by atoms with van der Waals surface area (Å²) in [6, 6.07) is 17.0. The fraction of sp³-hybridized carbons (Fsp3) is 0.487. The van der Waals surface area contributed by atoms with Crippen molar-refractivity contribution in [2.24, 2.45) is 5.92 Å². The zero-order chi connectivity index (χ0) is 33.5. The van der Waals surface area contributed by atoms with Crippen LogP contribution in [0.25, 0.3) is 27.9 Å². The number of benzene rings is 2. The molecule has 0 amide bonds. The number of hydrogen-bond donors (Lipinski definition) is 0. The van der Waals surface area contributed by atoms with Crippen LogP contribution in [0.2, 0.25) is 0 Å². The largest absolute Gasteiger partial charge is 0.493 e. The Morgan fingerprint density at radius 1 is 1.06 bits per heavy atom. The van der Waals surface area contributed by atoms with E-state index in [0.717, 1.165) is 82.8 Å². The standard InChI is InChI=1S/C39H49N3O5/c1-25-12-13-33-30(20-25)28-10-9-11-29(21-28)31-22-32-35(41-17-15-39(7,16-18-41)46-19-14-26(2)24-45-33)34(27(3)23-42(32)40-31)36(37(43)44-8)47-38(4,5)6/h9-13,20-23,26,36H,14-19,24H2,1-8H3. The Morgan fingerprint density at radius 2 is 1.81 bits per heavy atom. The highest BCUT2D eigenvalue weighted by Gasteiger charge is 2.37. The average Bonchev–Trinajstić information content (AvgIpc) is 3.45. The van der Waals surface area contributed by atoms with E-state index in [1.807, 2.05) is 38.4 Å². The van der Waals surface area contributed by atoms with Gasteiger partial charge in [0.15, 0.2) is 6.10 Å². The Hall–Kier alpha value is -3.88. The molecule has 4 aromatic rings. The van der Waals surface area contributed by atoms with Gasteiger partial charge in [0.25, 0.3) is 0 Å². The summed E-state index contributed by atoms with van der Waals surface area (Å²) in [5.41, 5.74) is 7.98. The molecular weight excluding hydrogens is 590 g/mol. The van der Waals surface area contributed by atoms with Crippen molar-refractivity contribution in [3.05, 3.63) is 71.4 Å². The molecule has 1 saturated heterocycles. The molecule has 2 aromatic carbocycles. The van der Waals surface area contributed by atoms with Crippen molar-refractivity contribution < 1.29 is 23.7 Å². The summed E-state index contributed by atoms with van der Waals surface area (Å²) in [6.07, 6.45) is 3.74. The summed E-state index contributed by atoms with van der Waals surface area (Å²) in [5.74, 6) is 0.801. The molecule has 2 unspecified atom stereocenters. The van der Waals surface area contributed by atoms with Gasteiger partial charge in [-0.15, -0.1) is 0 Å². The third-order valence-electron chi connectivity index (χ3n) is 9.45. The molecule has 250 valence electrons. The molecule has 2 atom stereocenters. The van der Waals surface area contributed by atoms with E-state index >= 15 is 0 Å². The third kappa shape index (κ3) is 7.04. The first-order chi connectivity index (χ1) is 22.3. The molecular formula is C39H49N3O5. The quantitative estimate of drug-likeness (QED) is 0.210. The SMILES string of the molecule is COC(=O)C(OC(C)(C)C)c1c(C)cn2nc3cc2c1N1CCC(C)(CC1)OCCC(C)COc1ccc(C)cc1-c1cccc-3c1. The second-order valence-corrected chi connectivity index (χ2v) is 14.6. The minimum Gasteiger partial charge on any atom is -0.493 e. The monoisotopic (exact) mass is 639 g/mol. The van der Waals surface area contributed by atoms with Gasteiger partial charge in [-0.05, 0) is 102 Å². The number of ether oxygens (including phenoxy) is 4. The van der Waals surface area contributed by atoms with Crippen LogP contribution in [0, 0.1) is 19.8 Å². The Morgan fingerprint density at radius 3 is 2.53 bits per heavy atom. The number of methoxy groups -OCH3 is 1. The van der Waals surface area contributed by atoms with Gasteiger partial charge in [0, 0.05) is 42.6 Å². The highest BCUT2D eigenvalue weighted by molar-refractivity contribution is 5.88. The maximum absolute atomic E-state index is 13.4. The maximum atomic E-state index is 13.4. The molecule has 0 saturated carbocycles. The van der Waals surface area contributed by atoms with E-state index in [-0.39, 0.29) is 5.60 Å². The maximum Gasteiger partial charge on any atom is 0.339 e. The van der Waals surface area contributed by atoms with Gasteiger partial charge in [0.1, 0.15) is 5.75 Å². The normalized spacial score (nSPS) is 21.0. The van der Waals surface area contributed by atoms with E-state index in [4.69, 9.17) is 24.0 Å². The Labute approximate surface area is 279 Å². The highest BCUT2D eigenvalue weighted by atomic mass is 16.6. The molecule has 0 radical (unpaired) electrons. The average molecular weight is 640 g/mol. The van der Waals surface area contributed by atoms with Gasteiger partial charge in [-0.1, -0.05) is 36.8 Å². The van der Waals surface area contributed by atoms with Crippen molar-refractivity contribution in [1.29, 1.82) is 0 Å². The molecule has 8 nitrogen and oxygen atoms in total. The predicted octanol–water partition coefficient (Wildman–Crippen LogP) is 8.11. The van der Waals surface area contributed by atoms with Crippen molar-refractivity contribution in [2.75, 3.05) is 38.3 Å². The number of aromatic nitrogens is 2. The van der Waals surface area contributed by atoms with Gasteiger partial charge < -0.3 is 23.8 Å². The first kappa shape index (κ1) is 33.0. The van der Waals surface area contributed by atoms with Crippen LogP contribution in [0.1, 0.15) is 76.7 Å². The number of hydrogen-bond acceptors (Lipinski definition) is 7. The van der Waals surface area contributed by atoms with Crippen LogP contribution in [0.3, 0.4) is 0 Å². The smallest absolute Gasteiger partial charge is 0.339 e. The summed E-state index contributed by atoms with van der Waals surface area (Å²) in [4.78, 5) is 15.8. The number of aryl methyl sites for hydroxylation is 2. The lowest BCUT2D eigenvalue weighted by Crippen LogP contribution is -2.45. The Balaban J connectivity index is 1.55. The fourth-order valence-electron chi connectivity index (χ4n) is 6.75.